The molecule has 0 bridgehead atoms. The molecular formula is C22H36IN5O3S. The molecule has 2 rings (SSSR count). The lowest BCUT2D eigenvalue weighted by molar-refractivity contribution is 0.380. The van der Waals surface area contributed by atoms with Crippen molar-refractivity contribution in [3.8, 4) is 0 Å². The molecule has 0 amide bonds. The van der Waals surface area contributed by atoms with Crippen molar-refractivity contribution in [3.63, 3.8) is 0 Å². The van der Waals surface area contributed by atoms with Crippen LogP contribution in [0.3, 0.4) is 0 Å². The average Bonchev–Trinajstić information content (AvgIpc) is 3.17. The summed E-state index contributed by atoms with van der Waals surface area (Å²) in [6.07, 6.45) is 1.61. The van der Waals surface area contributed by atoms with E-state index in [9.17, 15) is 8.42 Å². The van der Waals surface area contributed by atoms with Crippen LogP contribution in [0.25, 0.3) is 0 Å². The van der Waals surface area contributed by atoms with E-state index in [1.807, 2.05) is 27.7 Å². The van der Waals surface area contributed by atoms with Crippen LogP contribution in [-0.4, -0.2) is 43.5 Å². The number of aliphatic imine (C=N–C) groups is 1. The van der Waals surface area contributed by atoms with E-state index in [1.165, 1.54) is 4.31 Å². The number of hydrogen-bond donors (Lipinski definition) is 2. The van der Waals surface area contributed by atoms with Gasteiger partial charge in [-0.25, -0.2) is 13.4 Å². The Morgan fingerprint density at radius 1 is 1.12 bits per heavy atom. The van der Waals surface area contributed by atoms with Crippen LogP contribution < -0.4 is 10.6 Å². The summed E-state index contributed by atoms with van der Waals surface area (Å²) >= 11 is 0. The van der Waals surface area contributed by atoms with Crippen molar-refractivity contribution < 1.29 is 12.9 Å². The van der Waals surface area contributed by atoms with E-state index in [4.69, 9.17) is 4.52 Å². The highest BCUT2D eigenvalue weighted by Gasteiger charge is 2.22. The molecule has 0 saturated carbocycles. The summed E-state index contributed by atoms with van der Waals surface area (Å²) in [6, 6.07) is 6.78. The summed E-state index contributed by atoms with van der Waals surface area (Å²) in [5.74, 6) is 1.58. The fourth-order valence-corrected chi connectivity index (χ4v) is 4.40. The van der Waals surface area contributed by atoms with Gasteiger partial charge in [0.25, 0.3) is 0 Å². The second-order valence-corrected chi connectivity index (χ2v) is 9.54. The van der Waals surface area contributed by atoms with E-state index in [0.717, 1.165) is 42.0 Å². The molecule has 0 fully saturated rings. The van der Waals surface area contributed by atoms with Gasteiger partial charge in [-0.05, 0) is 44.9 Å². The number of halogens is 1. The third kappa shape index (κ3) is 7.17. The van der Waals surface area contributed by atoms with Gasteiger partial charge in [-0.3, -0.25) is 0 Å². The van der Waals surface area contributed by atoms with Crippen molar-refractivity contribution in [1.29, 1.82) is 0 Å². The molecule has 32 heavy (non-hydrogen) atoms. The van der Waals surface area contributed by atoms with Gasteiger partial charge in [0.05, 0.1) is 17.1 Å². The van der Waals surface area contributed by atoms with E-state index in [-0.39, 0.29) is 34.9 Å². The van der Waals surface area contributed by atoms with Gasteiger partial charge in [-0.2, -0.15) is 4.31 Å². The molecule has 1 aromatic heterocycles. The summed E-state index contributed by atoms with van der Waals surface area (Å²) < 4.78 is 32.0. The quantitative estimate of drug-likeness (QED) is 0.254. The van der Waals surface area contributed by atoms with E-state index in [1.54, 1.807) is 31.3 Å². The standard InChI is InChI=1S/C22H35N5O3S.HI/c1-7-20-19(21(8-2)30-26-20)15-25-22(23-9-3)24-14-17-10-12-18(13-11-17)31(28,29)27(6)16(4)5;/h10-13,16H,7-9,14-15H2,1-6H3,(H2,23,24,25);1H. The molecule has 0 unspecified atom stereocenters. The Kier molecular flexibility index (Phi) is 11.7. The van der Waals surface area contributed by atoms with Gasteiger partial charge in [-0.1, -0.05) is 31.1 Å². The van der Waals surface area contributed by atoms with Crippen LogP contribution in [0, 0.1) is 0 Å². The first-order valence-corrected chi connectivity index (χ1v) is 12.2. The van der Waals surface area contributed by atoms with Gasteiger partial charge in [0, 0.05) is 38.2 Å². The summed E-state index contributed by atoms with van der Waals surface area (Å²) in [7, 11) is -1.89. The largest absolute Gasteiger partial charge is 0.361 e. The van der Waals surface area contributed by atoms with Crippen molar-refractivity contribution in [2.45, 2.75) is 71.5 Å². The fourth-order valence-electron chi connectivity index (χ4n) is 3.03. The molecule has 0 aliphatic heterocycles. The topological polar surface area (TPSA) is 99.8 Å². The lowest BCUT2D eigenvalue weighted by atomic mass is 10.1. The predicted octanol–water partition coefficient (Wildman–Crippen LogP) is 3.70. The number of sulfonamides is 1. The van der Waals surface area contributed by atoms with Crippen LogP contribution in [0.15, 0.2) is 38.7 Å². The normalized spacial score (nSPS) is 12.2. The van der Waals surface area contributed by atoms with Gasteiger partial charge in [0.15, 0.2) is 5.96 Å². The van der Waals surface area contributed by atoms with Crippen LogP contribution in [0.5, 0.6) is 0 Å². The molecule has 1 heterocycles. The van der Waals surface area contributed by atoms with Crippen molar-refractivity contribution >= 4 is 40.0 Å². The maximum Gasteiger partial charge on any atom is 0.243 e. The van der Waals surface area contributed by atoms with E-state index >= 15 is 0 Å². The first-order valence-electron chi connectivity index (χ1n) is 10.8. The molecular weight excluding hydrogens is 541 g/mol. The van der Waals surface area contributed by atoms with Gasteiger partial charge < -0.3 is 15.2 Å². The maximum atomic E-state index is 12.6. The van der Waals surface area contributed by atoms with Crippen LogP contribution in [0.4, 0.5) is 0 Å². The number of nitrogens with zero attached hydrogens (tertiary/aromatic N) is 3. The Labute approximate surface area is 209 Å². The zero-order valence-corrected chi connectivity index (χ0v) is 23.0. The Hall–Kier alpha value is -1.66. The first-order chi connectivity index (χ1) is 14.7. The summed E-state index contributed by atoms with van der Waals surface area (Å²) in [4.78, 5) is 4.92. The van der Waals surface area contributed by atoms with Crippen LogP contribution in [-0.2, 0) is 36.0 Å². The molecule has 2 N–H and O–H groups in total. The molecule has 0 saturated heterocycles. The monoisotopic (exact) mass is 577 g/mol. The number of guanidine groups is 1. The highest BCUT2D eigenvalue weighted by molar-refractivity contribution is 14.0. The van der Waals surface area contributed by atoms with Gasteiger partial charge >= 0.3 is 0 Å². The van der Waals surface area contributed by atoms with Crippen LogP contribution in [0.2, 0.25) is 0 Å². The summed E-state index contributed by atoms with van der Waals surface area (Å²) in [6.45, 7) is 11.6. The van der Waals surface area contributed by atoms with Crippen LogP contribution >= 0.6 is 24.0 Å². The fraction of sp³-hybridized carbons (Fsp3) is 0.545. The highest BCUT2D eigenvalue weighted by Crippen LogP contribution is 2.18. The average molecular weight is 578 g/mol. The van der Waals surface area contributed by atoms with E-state index < -0.39 is 10.0 Å². The molecule has 2 aromatic rings. The van der Waals surface area contributed by atoms with Crippen LogP contribution in [0.1, 0.15) is 57.2 Å². The third-order valence-corrected chi connectivity index (χ3v) is 7.18. The zero-order valence-electron chi connectivity index (χ0n) is 19.8. The molecule has 1 aromatic carbocycles. The highest BCUT2D eigenvalue weighted by atomic mass is 127. The Balaban J connectivity index is 0.00000512. The summed E-state index contributed by atoms with van der Waals surface area (Å²) in [5, 5.41) is 10.7. The van der Waals surface area contributed by atoms with Gasteiger partial charge in [0.2, 0.25) is 10.0 Å². The molecule has 0 aliphatic rings. The lowest BCUT2D eigenvalue weighted by Crippen LogP contribution is -2.37. The minimum atomic E-state index is -3.48. The minimum Gasteiger partial charge on any atom is -0.361 e. The Morgan fingerprint density at radius 2 is 1.78 bits per heavy atom. The SMILES string of the molecule is CCNC(=NCc1ccc(S(=O)(=O)N(C)C(C)C)cc1)NCc1c(CC)noc1CC.I. The number of aromatic nitrogens is 1. The van der Waals surface area contributed by atoms with Crippen molar-refractivity contribution in [2.75, 3.05) is 13.6 Å². The van der Waals surface area contributed by atoms with E-state index in [2.05, 4.69) is 27.7 Å². The predicted molar refractivity (Wildman–Crippen MR) is 139 cm³/mol. The van der Waals surface area contributed by atoms with Crippen molar-refractivity contribution in [2.24, 2.45) is 4.99 Å². The van der Waals surface area contributed by atoms with Gasteiger partial charge in [-0.15, -0.1) is 24.0 Å². The molecule has 0 spiro atoms. The number of benzene rings is 1. The third-order valence-electron chi connectivity index (χ3n) is 5.13. The lowest BCUT2D eigenvalue weighted by Gasteiger charge is -2.21. The summed E-state index contributed by atoms with van der Waals surface area (Å²) in [5.41, 5.74) is 2.97. The Morgan fingerprint density at radius 3 is 2.31 bits per heavy atom. The second kappa shape index (κ2) is 13.1. The first kappa shape index (κ1) is 28.4. The van der Waals surface area contributed by atoms with Crippen molar-refractivity contribution in [1.82, 2.24) is 20.1 Å². The second-order valence-electron chi connectivity index (χ2n) is 7.55. The molecule has 8 nitrogen and oxygen atoms in total. The molecule has 180 valence electrons. The van der Waals surface area contributed by atoms with Gasteiger partial charge in [0.1, 0.15) is 5.76 Å². The zero-order chi connectivity index (χ0) is 23.0. The molecule has 10 heteroatoms. The smallest absolute Gasteiger partial charge is 0.243 e. The molecule has 0 atom stereocenters. The minimum absolute atomic E-state index is 0. The number of aryl methyl sites for hydroxylation is 2. The number of rotatable bonds is 10. The molecule has 0 aliphatic carbocycles. The van der Waals surface area contributed by atoms with E-state index in [0.29, 0.717) is 19.0 Å². The maximum absolute atomic E-state index is 12.6. The number of hydrogen-bond acceptors (Lipinski definition) is 5. The molecule has 0 radical (unpaired) electrons. The van der Waals surface area contributed by atoms with Crippen molar-refractivity contribution in [3.05, 3.63) is 46.8 Å². The number of nitrogens with one attached hydrogen (secondary N) is 2. The Bertz CT molecular complexity index is 950.